The summed E-state index contributed by atoms with van der Waals surface area (Å²) in [5.41, 5.74) is 0.412. The van der Waals surface area contributed by atoms with E-state index in [9.17, 15) is 0 Å². The average molecular weight is 360 g/mol. The van der Waals surface area contributed by atoms with Gasteiger partial charge in [-0.3, -0.25) is 4.90 Å². The van der Waals surface area contributed by atoms with Gasteiger partial charge >= 0.3 is 7.12 Å². The van der Waals surface area contributed by atoms with Crippen LogP contribution in [0.1, 0.15) is 34.6 Å². The van der Waals surface area contributed by atoms with E-state index in [4.69, 9.17) is 14.0 Å². The maximum atomic E-state index is 6.09. The summed E-state index contributed by atoms with van der Waals surface area (Å²) in [6, 6.07) is 8.10. The molecule has 0 bridgehead atoms. The molecule has 0 atom stereocenters. The fourth-order valence-electron chi connectivity index (χ4n) is 3.32. The zero-order valence-corrected chi connectivity index (χ0v) is 17.0. The first-order valence-corrected chi connectivity index (χ1v) is 9.84. The second-order valence-corrected chi connectivity index (χ2v) is 8.28. The molecule has 1 aromatic rings. The molecule has 0 N–H and O–H groups in total. The maximum absolute atomic E-state index is 6.09. The minimum absolute atomic E-state index is 0.311. The Bertz CT molecular complexity index is 567. The Balaban J connectivity index is 1.45. The van der Waals surface area contributed by atoms with Gasteiger partial charge in [0.25, 0.3) is 0 Å². The minimum Gasteiger partial charge on any atom is -0.492 e. The van der Waals surface area contributed by atoms with Crippen LogP contribution in [0.4, 0.5) is 0 Å². The molecule has 0 aromatic heterocycles. The van der Waals surface area contributed by atoms with Gasteiger partial charge in [-0.15, -0.1) is 0 Å². The van der Waals surface area contributed by atoms with Crippen LogP contribution >= 0.6 is 0 Å². The molecule has 2 saturated heterocycles. The summed E-state index contributed by atoms with van der Waals surface area (Å²) in [6.07, 6.45) is 0. The Kier molecular flexibility index (Phi) is 5.97. The van der Waals surface area contributed by atoms with E-state index in [1.807, 2.05) is 24.3 Å². The van der Waals surface area contributed by atoms with Crippen molar-refractivity contribution in [3.05, 3.63) is 24.3 Å². The molecule has 0 unspecified atom stereocenters. The van der Waals surface area contributed by atoms with Crippen LogP contribution in [0.15, 0.2) is 24.3 Å². The monoisotopic (exact) mass is 360 g/mol. The first-order chi connectivity index (χ1) is 12.3. The summed E-state index contributed by atoms with van der Waals surface area (Å²) in [5, 5.41) is 0. The van der Waals surface area contributed by atoms with Crippen LogP contribution < -0.4 is 10.2 Å². The predicted molar refractivity (Wildman–Crippen MR) is 106 cm³/mol. The van der Waals surface area contributed by atoms with E-state index in [-0.39, 0.29) is 18.3 Å². The Morgan fingerprint density at radius 1 is 0.923 bits per heavy atom. The number of hydrogen-bond acceptors (Lipinski definition) is 5. The fraction of sp³-hybridized carbons (Fsp3) is 0.700. The zero-order valence-electron chi connectivity index (χ0n) is 17.0. The number of likely N-dealkylation sites (N-methyl/N-ethyl adjacent to an activating group) is 1. The lowest BCUT2D eigenvalue weighted by atomic mass is 9.79. The van der Waals surface area contributed by atoms with E-state index in [1.165, 1.54) is 13.1 Å². The van der Waals surface area contributed by atoms with Gasteiger partial charge in [0, 0.05) is 32.7 Å². The molecule has 2 fully saturated rings. The van der Waals surface area contributed by atoms with E-state index in [1.54, 1.807) is 0 Å². The highest BCUT2D eigenvalue weighted by Crippen LogP contribution is 2.36. The third-order valence-corrected chi connectivity index (χ3v) is 5.99. The zero-order chi connectivity index (χ0) is 18.8. The van der Waals surface area contributed by atoms with Gasteiger partial charge in [-0.2, -0.15) is 0 Å². The Morgan fingerprint density at radius 3 is 2.00 bits per heavy atom. The van der Waals surface area contributed by atoms with Crippen LogP contribution in [0, 0.1) is 0 Å². The number of piperazine rings is 1. The molecule has 5 nitrogen and oxygen atoms in total. The summed E-state index contributed by atoms with van der Waals surface area (Å²) >= 11 is 0. The van der Waals surface area contributed by atoms with Crippen LogP contribution in [-0.2, 0) is 9.31 Å². The topological polar surface area (TPSA) is 34.2 Å². The molecule has 2 aliphatic heterocycles. The van der Waals surface area contributed by atoms with Crippen LogP contribution in [0.25, 0.3) is 0 Å². The lowest BCUT2D eigenvalue weighted by Crippen LogP contribution is -2.47. The lowest BCUT2D eigenvalue weighted by Gasteiger charge is -2.33. The normalized spacial score (nSPS) is 23.3. The molecule has 0 aliphatic carbocycles. The molecular formula is C20H33BN2O3. The average Bonchev–Trinajstić information content (AvgIpc) is 2.84. The number of ether oxygens (including phenoxy) is 1. The minimum atomic E-state index is -0.316. The number of benzene rings is 1. The van der Waals surface area contributed by atoms with Crippen molar-refractivity contribution in [2.75, 3.05) is 45.9 Å². The van der Waals surface area contributed by atoms with Gasteiger partial charge in [0.05, 0.1) is 11.2 Å². The maximum Gasteiger partial charge on any atom is 0.494 e. The van der Waals surface area contributed by atoms with Gasteiger partial charge in [-0.05, 0) is 51.8 Å². The molecule has 2 aliphatic rings. The molecule has 3 rings (SSSR count). The van der Waals surface area contributed by atoms with Crippen molar-refractivity contribution in [2.24, 2.45) is 0 Å². The van der Waals surface area contributed by atoms with Gasteiger partial charge < -0.3 is 18.9 Å². The van der Waals surface area contributed by atoms with Crippen molar-refractivity contribution < 1.29 is 14.0 Å². The fourth-order valence-corrected chi connectivity index (χ4v) is 3.32. The number of nitrogens with zero attached hydrogens (tertiary/aromatic N) is 2. The molecule has 0 saturated carbocycles. The predicted octanol–water partition coefficient (Wildman–Crippen LogP) is 2.00. The highest BCUT2D eigenvalue weighted by Gasteiger charge is 2.51. The highest BCUT2D eigenvalue weighted by molar-refractivity contribution is 6.62. The van der Waals surface area contributed by atoms with E-state index >= 15 is 0 Å². The third kappa shape index (κ3) is 4.42. The molecule has 0 amide bonds. The summed E-state index contributed by atoms with van der Waals surface area (Å²) < 4.78 is 18.1. The summed E-state index contributed by atoms with van der Waals surface area (Å²) in [6.45, 7) is 18.0. The van der Waals surface area contributed by atoms with E-state index in [2.05, 4.69) is 44.4 Å². The summed E-state index contributed by atoms with van der Waals surface area (Å²) in [4.78, 5) is 4.97. The lowest BCUT2D eigenvalue weighted by molar-refractivity contribution is 0.00578. The van der Waals surface area contributed by atoms with Crippen molar-refractivity contribution in [3.63, 3.8) is 0 Å². The molecule has 0 radical (unpaired) electrons. The van der Waals surface area contributed by atoms with E-state index in [0.717, 1.165) is 44.0 Å². The summed E-state index contributed by atoms with van der Waals surface area (Å²) in [5.74, 6) is 0.900. The second-order valence-electron chi connectivity index (χ2n) is 8.28. The smallest absolute Gasteiger partial charge is 0.492 e. The first-order valence-electron chi connectivity index (χ1n) is 9.84. The molecular weight excluding hydrogens is 327 g/mol. The van der Waals surface area contributed by atoms with Crippen LogP contribution in [0.3, 0.4) is 0 Å². The molecule has 2 heterocycles. The van der Waals surface area contributed by atoms with Crippen molar-refractivity contribution in [2.45, 2.75) is 45.8 Å². The molecule has 0 spiro atoms. The Labute approximate surface area is 158 Å². The number of hydrogen-bond donors (Lipinski definition) is 0. The second kappa shape index (κ2) is 7.89. The quantitative estimate of drug-likeness (QED) is 0.725. The van der Waals surface area contributed by atoms with Gasteiger partial charge in [-0.25, -0.2) is 0 Å². The standard InChI is InChI=1S/C20H33BN2O3/c1-6-22-11-13-23(14-12-22)15-16-24-18-9-7-17(8-10-18)21-25-19(2,3)20(4,5)26-21/h7-10H,6,11-16H2,1-5H3. The number of rotatable bonds is 6. The molecule has 1 aromatic carbocycles. The van der Waals surface area contributed by atoms with Crippen molar-refractivity contribution >= 4 is 12.6 Å². The first kappa shape index (κ1) is 19.7. The largest absolute Gasteiger partial charge is 0.494 e. The Morgan fingerprint density at radius 2 is 1.46 bits per heavy atom. The van der Waals surface area contributed by atoms with Crippen molar-refractivity contribution in [1.29, 1.82) is 0 Å². The van der Waals surface area contributed by atoms with Gasteiger partial charge in [-0.1, -0.05) is 19.1 Å². The summed E-state index contributed by atoms with van der Waals surface area (Å²) in [7, 11) is -0.316. The molecule has 26 heavy (non-hydrogen) atoms. The Hall–Kier alpha value is -1.08. The van der Waals surface area contributed by atoms with Crippen LogP contribution in [-0.4, -0.2) is 74.0 Å². The van der Waals surface area contributed by atoms with Crippen LogP contribution in [0.2, 0.25) is 0 Å². The van der Waals surface area contributed by atoms with Crippen molar-refractivity contribution in [3.8, 4) is 5.75 Å². The molecule has 144 valence electrons. The van der Waals surface area contributed by atoms with Crippen LogP contribution in [0.5, 0.6) is 5.75 Å². The van der Waals surface area contributed by atoms with Crippen molar-refractivity contribution in [1.82, 2.24) is 9.80 Å². The van der Waals surface area contributed by atoms with E-state index in [0.29, 0.717) is 0 Å². The SMILES string of the molecule is CCN1CCN(CCOc2ccc(B3OC(C)(C)C(C)(C)O3)cc2)CC1. The highest BCUT2D eigenvalue weighted by atomic mass is 16.7. The van der Waals surface area contributed by atoms with Gasteiger partial charge in [0.15, 0.2) is 0 Å². The van der Waals surface area contributed by atoms with Gasteiger partial charge in [0.2, 0.25) is 0 Å². The van der Waals surface area contributed by atoms with E-state index < -0.39 is 0 Å². The van der Waals surface area contributed by atoms with Gasteiger partial charge in [0.1, 0.15) is 12.4 Å². The third-order valence-electron chi connectivity index (χ3n) is 5.99. The molecule has 6 heteroatoms.